The number of carbonyl (C=O) groups excluding carboxylic acids is 2. The van der Waals surface area contributed by atoms with Crippen LogP contribution in [0.25, 0.3) is 0 Å². The number of hydrogen-bond acceptors (Lipinski definition) is 12. The van der Waals surface area contributed by atoms with Crippen molar-refractivity contribution in [2.24, 2.45) is 0 Å². The standard InChI is InChI=1S/C14H13F3N4O6S5.2Na/c15-14(16,17)1-6(28)18-8-10(22)21-9(12(23)24)5(2-29-11(8)21)3-30-13-20-19-7(31-13)4-32(25,26)27;;/h8,11H,1-4H2,(H,18,28)(H,23,24)(H,25,26,27);;/q;2*+1/p-2/t8?,11-;;/m1../s1. The van der Waals surface area contributed by atoms with Gasteiger partial charge in [0.15, 0.2) is 4.34 Å². The van der Waals surface area contributed by atoms with Crippen molar-refractivity contribution in [2.75, 3.05) is 11.5 Å². The van der Waals surface area contributed by atoms with Gasteiger partial charge in [-0.15, -0.1) is 22.0 Å². The molecule has 1 aromatic rings. The summed E-state index contributed by atoms with van der Waals surface area (Å²) in [5.74, 6) is -2.98. The summed E-state index contributed by atoms with van der Waals surface area (Å²) in [5, 5.41) is 20.6. The summed E-state index contributed by atoms with van der Waals surface area (Å²) in [5.41, 5.74) is -0.0629. The van der Waals surface area contributed by atoms with Gasteiger partial charge in [0, 0.05) is 11.5 Å². The molecule has 34 heavy (non-hydrogen) atoms. The number of amides is 1. The molecule has 1 unspecified atom stereocenters. The number of carboxylic acid groups (broad SMARTS) is 1. The molecule has 10 nitrogen and oxygen atoms in total. The zero-order chi connectivity index (χ0) is 23.8. The molecule has 0 aliphatic carbocycles. The number of fused-ring (bicyclic) bond motifs is 1. The maximum atomic E-state index is 12.5. The summed E-state index contributed by atoms with van der Waals surface area (Å²) in [4.78, 5) is 24.5. The molecule has 176 valence electrons. The van der Waals surface area contributed by atoms with Crippen LogP contribution < -0.4 is 69.5 Å². The average Bonchev–Trinajstić information content (AvgIpc) is 3.07. The molecular formula is C14H11F3N4Na2O6S5. The van der Waals surface area contributed by atoms with Crippen molar-refractivity contribution in [3.05, 3.63) is 16.3 Å². The molecule has 0 aromatic carbocycles. The first-order valence-electron chi connectivity index (χ1n) is 8.38. The van der Waals surface area contributed by atoms with E-state index in [2.05, 4.69) is 27.7 Å². The van der Waals surface area contributed by atoms with E-state index in [4.69, 9.17) is 0 Å². The first-order valence-corrected chi connectivity index (χ1v) is 13.2. The molecule has 0 saturated carbocycles. The Hall–Kier alpha value is 0.530. The molecule has 0 radical (unpaired) electrons. The van der Waals surface area contributed by atoms with E-state index < -0.39 is 56.7 Å². The zero-order valence-corrected chi connectivity index (χ0v) is 25.5. The molecule has 2 aliphatic heterocycles. The summed E-state index contributed by atoms with van der Waals surface area (Å²) in [6.45, 7) is 0. The number of nitrogens with zero attached hydrogens (tertiary/aromatic N) is 3. The molecule has 1 aromatic heterocycles. The Morgan fingerprint density at radius 3 is 2.53 bits per heavy atom. The topological polar surface area (TPSA) is 155 Å². The van der Waals surface area contributed by atoms with Gasteiger partial charge in [0.05, 0.1) is 28.8 Å². The van der Waals surface area contributed by atoms with E-state index in [0.29, 0.717) is 5.57 Å². The van der Waals surface area contributed by atoms with Gasteiger partial charge < -0.3 is 19.8 Å². The van der Waals surface area contributed by atoms with Crippen molar-refractivity contribution in [2.45, 2.75) is 34.1 Å². The second kappa shape index (κ2) is 12.9. The third kappa shape index (κ3) is 8.54. The number of aliphatic carboxylic acids is 1. The molecule has 1 N–H and O–H groups in total. The van der Waals surface area contributed by atoms with Crippen LogP contribution in [0.3, 0.4) is 0 Å². The van der Waals surface area contributed by atoms with Gasteiger partial charge >= 0.3 is 65.3 Å². The number of carboxylic acids is 1. The van der Waals surface area contributed by atoms with Crippen molar-refractivity contribution in [1.29, 1.82) is 0 Å². The largest absolute Gasteiger partial charge is 1.00 e. The molecule has 3 rings (SSSR count). The van der Waals surface area contributed by atoms with Gasteiger partial charge in [-0.25, -0.2) is 8.42 Å². The Balaban J connectivity index is 0.00000289. The molecular weight excluding hydrogens is 583 g/mol. The molecule has 0 bridgehead atoms. The molecule has 0 spiro atoms. The molecule has 2 atom stereocenters. The molecule has 1 saturated heterocycles. The van der Waals surface area contributed by atoms with E-state index in [-0.39, 0.29) is 85.7 Å². The summed E-state index contributed by atoms with van der Waals surface area (Å²) < 4.78 is 70.0. The average molecular weight is 595 g/mol. The van der Waals surface area contributed by atoms with Crippen LogP contribution in [0.1, 0.15) is 11.4 Å². The number of thiocarbonyl (C=S) groups is 1. The van der Waals surface area contributed by atoms with Gasteiger partial charge in [-0.05, 0) is 5.57 Å². The van der Waals surface area contributed by atoms with Crippen molar-refractivity contribution >= 4 is 74.1 Å². The summed E-state index contributed by atoms with van der Waals surface area (Å²) in [6.07, 6.45) is -5.94. The number of β-lactam (4-membered cyclic amide) rings is 1. The van der Waals surface area contributed by atoms with E-state index in [1.54, 1.807) is 0 Å². The Kier molecular flexibility index (Phi) is 12.3. The third-order valence-corrected chi connectivity index (χ3v) is 8.59. The fraction of sp³-hybridized carbons (Fsp3) is 0.500. The minimum absolute atomic E-state index is 0. The van der Waals surface area contributed by atoms with Crippen molar-refractivity contribution in [3.8, 4) is 0 Å². The second-order valence-corrected chi connectivity index (χ2v) is 11.7. The first-order chi connectivity index (χ1) is 14.7. The minimum Gasteiger partial charge on any atom is -0.748 e. The SMILES string of the molecule is O=C([O-])C1=C(CSc2nnc(CS(=O)(=O)[O-])s2)CS[C@@H]2C(NC(=S)CC(F)(F)F)C(=O)N12.[Na+].[Na+]. The minimum atomic E-state index is -4.54. The predicted molar refractivity (Wildman–Crippen MR) is 109 cm³/mol. The van der Waals surface area contributed by atoms with Gasteiger partial charge in [0.1, 0.15) is 26.5 Å². The monoisotopic (exact) mass is 594 g/mol. The molecule has 20 heteroatoms. The van der Waals surface area contributed by atoms with Crippen LogP contribution in [0, 0.1) is 0 Å². The number of halogens is 3. The third-order valence-electron chi connectivity index (χ3n) is 4.04. The van der Waals surface area contributed by atoms with Crippen molar-refractivity contribution in [1.82, 2.24) is 20.4 Å². The number of thioether (sulfide) groups is 2. The zero-order valence-electron chi connectivity index (χ0n) is 17.4. The number of carbonyl (C=O) groups is 2. The molecule has 2 aliphatic rings. The van der Waals surface area contributed by atoms with Gasteiger partial charge in [0.25, 0.3) is 5.91 Å². The van der Waals surface area contributed by atoms with Gasteiger partial charge in [0.2, 0.25) is 0 Å². The maximum Gasteiger partial charge on any atom is 1.00 e. The van der Waals surface area contributed by atoms with Crippen LogP contribution in [0.5, 0.6) is 0 Å². The Morgan fingerprint density at radius 2 is 1.97 bits per heavy atom. The van der Waals surface area contributed by atoms with E-state index in [1.807, 2.05) is 0 Å². The maximum absolute atomic E-state index is 12.5. The van der Waals surface area contributed by atoms with Gasteiger partial charge in [-0.3, -0.25) is 9.69 Å². The first kappa shape index (κ1) is 32.6. The van der Waals surface area contributed by atoms with E-state index >= 15 is 0 Å². The van der Waals surface area contributed by atoms with Crippen LogP contribution in [-0.4, -0.2) is 74.0 Å². The summed E-state index contributed by atoms with van der Waals surface area (Å²) >= 11 is 7.67. The van der Waals surface area contributed by atoms with E-state index in [1.165, 1.54) is 0 Å². The second-order valence-electron chi connectivity index (χ2n) is 6.44. The normalized spacial score (nSPS) is 20.0. The number of nitrogens with one attached hydrogen (secondary N) is 1. The van der Waals surface area contributed by atoms with Crippen LogP contribution >= 0.6 is 47.1 Å². The van der Waals surface area contributed by atoms with E-state index in [9.17, 15) is 40.8 Å². The Morgan fingerprint density at radius 1 is 1.32 bits per heavy atom. The predicted octanol–water partition coefficient (Wildman–Crippen LogP) is -6.16. The van der Waals surface area contributed by atoms with Gasteiger partial charge in [-0.2, -0.15) is 13.2 Å². The number of hydrogen-bond donors (Lipinski definition) is 1. The van der Waals surface area contributed by atoms with Crippen LogP contribution in [0.15, 0.2) is 15.6 Å². The van der Waals surface area contributed by atoms with Crippen LogP contribution in [-0.2, 0) is 25.5 Å². The fourth-order valence-electron chi connectivity index (χ4n) is 2.84. The van der Waals surface area contributed by atoms with Crippen molar-refractivity contribution in [3.63, 3.8) is 0 Å². The van der Waals surface area contributed by atoms with E-state index in [0.717, 1.165) is 39.8 Å². The summed E-state index contributed by atoms with van der Waals surface area (Å²) in [7, 11) is -4.53. The smallest absolute Gasteiger partial charge is 0.748 e. The molecule has 3 heterocycles. The Labute approximate surface area is 253 Å². The number of aromatic nitrogens is 2. The molecule has 1 fully saturated rings. The van der Waals surface area contributed by atoms with Crippen molar-refractivity contribution < 1.29 is 100.0 Å². The van der Waals surface area contributed by atoms with Crippen LogP contribution in [0.2, 0.25) is 0 Å². The molecule has 1 amide bonds. The Bertz CT molecular complexity index is 1100. The van der Waals surface area contributed by atoms with Gasteiger partial charge in [-0.1, -0.05) is 35.3 Å². The number of rotatable bonds is 8. The quantitative estimate of drug-likeness (QED) is 0.100. The number of alkyl halides is 3. The summed E-state index contributed by atoms with van der Waals surface area (Å²) in [6, 6.07) is -1.09. The fourth-order valence-corrected chi connectivity index (χ4v) is 7.34. The van der Waals surface area contributed by atoms with Crippen LogP contribution in [0.4, 0.5) is 13.2 Å².